The first-order valence-electron chi connectivity index (χ1n) is 15.2. The van der Waals surface area contributed by atoms with Gasteiger partial charge in [-0.1, -0.05) is 5.16 Å². The van der Waals surface area contributed by atoms with Crippen molar-refractivity contribution in [2.45, 2.75) is 44.4 Å². The number of hydrogen-bond acceptors (Lipinski definition) is 10. The van der Waals surface area contributed by atoms with Crippen LogP contribution in [0, 0.1) is 5.82 Å². The summed E-state index contributed by atoms with van der Waals surface area (Å²) in [4.78, 5) is 49.3. The maximum Gasteiger partial charge on any atom is 0.258 e. The van der Waals surface area contributed by atoms with E-state index in [0.717, 1.165) is 5.56 Å². The zero-order valence-electron chi connectivity index (χ0n) is 25.6. The van der Waals surface area contributed by atoms with E-state index in [0.29, 0.717) is 48.8 Å². The molecular formula is C33H33FN6O7. The molecule has 0 radical (unpaired) electrons. The smallest absolute Gasteiger partial charge is 0.258 e. The van der Waals surface area contributed by atoms with Crippen LogP contribution in [0.5, 0.6) is 17.2 Å². The van der Waals surface area contributed by atoms with Crippen LogP contribution >= 0.6 is 0 Å². The Morgan fingerprint density at radius 3 is 2.87 bits per heavy atom. The average molecular weight is 645 g/mol. The molecule has 0 unspecified atom stereocenters. The van der Waals surface area contributed by atoms with Gasteiger partial charge in [-0.25, -0.2) is 4.39 Å². The summed E-state index contributed by atoms with van der Waals surface area (Å²) in [6.45, 7) is 0.225. The van der Waals surface area contributed by atoms with Crippen LogP contribution in [0.25, 0.3) is 11.4 Å². The zero-order chi connectivity index (χ0) is 32.8. The predicted molar refractivity (Wildman–Crippen MR) is 164 cm³/mol. The molecule has 4 aromatic rings. The maximum absolute atomic E-state index is 14.6. The van der Waals surface area contributed by atoms with E-state index in [-0.39, 0.29) is 49.1 Å². The van der Waals surface area contributed by atoms with Crippen molar-refractivity contribution in [3.63, 3.8) is 0 Å². The number of nitrogens with zero attached hydrogens (tertiary/aromatic N) is 4. The Labute approximate surface area is 269 Å². The summed E-state index contributed by atoms with van der Waals surface area (Å²) in [7, 11) is 1.45. The van der Waals surface area contributed by atoms with Crippen molar-refractivity contribution in [1.82, 2.24) is 30.7 Å². The fraction of sp³-hybridized carbons (Fsp3) is 0.333. The van der Waals surface area contributed by atoms with E-state index in [1.807, 2.05) is 6.07 Å². The van der Waals surface area contributed by atoms with Crippen molar-refractivity contribution >= 4 is 17.7 Å². The molecule has 2 N–H and O–H groups in total. The number of carbonyl (C=O) groups excluding carboxylic acids is 3. The number of methoxy groups -OCH3 is 1. The van der Waals surface area contributed by atoms with Gasteiger partial charge >= 0.3 is 0 Å². The van der Waals surface area contributed by atoms with Gasteiger partial charge in [-0.15, -0.1) is 0 Å². The van der Waals surface area contributed by atoms with Crippen LogP contribution in [-0.2, 0) is 22.6 Å². The summed E-state index contributed by atoms with van der Waals surface area (Å²) in [6.07, 6.45) is 4.25. The third-order valence-electron chi connectivity index (χ3n) is 7.87. The number of rotatable bonds is 6. The number of halogens is 1. The molecule has 4 bridgehead atoms. The van der Waals surface area contributed by atoms with Crippen molar-refractivity contribution < 1.29 is 37.5 Å². The van der Waals surface area contributed by atoms with Gasteiger partial charge in [0.25, 0.3) is 11.8 Å². The fourth-order valence-electron chi connectivity index (χ4n) is 5.53. The third-order valence-corrected chi connectivity index (χ3v) is 7.87. The average Bonchev–Trinajstić information content (AvgIpc) is 3.55. The topological polar surface area (TPSA) is 158 Å². The molecular weight excluding hydrogens is 611 g/mol. The zero-order valence-corrected chi connectivity index (χ0v) is 25.6. The Hall–Kier alpha value is -5.53. The van der Waals surface area contributed by atoms with Crippen LogP contribution in [0.15, 0.2) is 65.4 Å². The molecule has 244 valence electrons. The van der Waals surface area contributed by atoms with Gasteiger partial charge in [0.15, 0.2) is 18.1 Å². The predicted octanol–water partition coefficient (Wildman–Crippen LogP) is 3.09. The van der Waals surface area contributed by atoms with Gasteiger partial charge < -0.3 is 34.3 Å². The fourth-order valence-corrected chi connectivity index (χ4v) is 5.53. The van der Waals surface area contributed by atoms with Crippen molar-refractivity contribution in [1.29, 1.82) is 0 Å². The second-order valence-electron chi connectivity index (χ2n) is 11.2. The lowest BCUT2D eigenvalue weighted by Crippen LogP contribution is -2.58. The number of aromatic nitrogens is 3. The van der Waals surface area contributed by atoms with Crippen LogP contribution in [0.3, 0.4) is 0 Å². The number of pyridine rings is 1. The largest absolute Gasteiger partial charge is 0.493 e. The molecule has 2 aliphatic heterocycles. The molecule has 4 heterocycles. The van der Waals surface area contributed by atoms with Gasteiger partial charge in [-0.05, 0) is 54.4 Å². The maximum atomic E-state index is 14.6. The molecule has 6 rings (SSSR count). The first kappa shape index (κ1) is 31.5. The van der Waals surface area contributed by atoms with Crippen LogP contribution in [0.1, 0.15) is 41.1 Å². The standard InChI is InChI=1S/C33H33FN6O7/c1-44-27-8-7-21-14-28(27)45-19-29(41)37-25-18-40(11-9-26(25)46-24-13-20(12-23(34)15-24)16-36-33(21)43)31(42)6-2-5-30-38-32(39-47-30)22-4-3-10-35-17-22/h3-4,7-8,10,12-15,17,25-26H,2,5-6,9,11,16,18-19H2,1H3,(H,36,43)(H,37,41)/t25-,26+/m1/s1. The molecule has 2 aliphatic rings. The van der Waals surface area contributed by atoms with Crippen molar-refractivity contribution in [2.75, 3.05) is 26.8 Å². The number of aryl methyl sites for hydroxylation is 1. The lowest BCUT2D eigenvalue weighted by atomic mass is 10.0. The highest BCUT2D eigenvalue weighted by molar-refractivity contribution is 5.95. The van der Waals surface area contributed by atoms with Crippen LogP contribution in [-0.4, -0.2) is 76.7 Å². The van der Waals surface area contributed by atoms with Crippen molar-refractivity contribution in [2.24, 2.45) is 0 Å². The number of benzene rings is 2. The lowest BCUT2D eigenvalue weighted by Gasteiger charge is -2.39. The van der Waals surface area contributed by atoms with Crippen molar-refractivity contribution in [3.8, 4) is 28.6 Å². The summed E-state index contributed by atoms with van der Waals surface area (Å²) in [5.74, 6) is 0.138. The number of piperidine rings is 1. The second kappa shape index (κ2) is 14.3. The van der Waals surface area contributed by atoms with Crippen LogP contribution < -0.4 is 24.8 Å². The van der Waals surface area contributed by atoms with Gasteiger partial charge in [-0.3, -0.25) is 19.4 Å². The molecule has 0 spiro atoms. The lowest BCUT2D eigenvalue weighted by molar-refractivity contribution is -0.135. The number of nitrogens with one attached hydrogen (secondary N) is 2. The van der Waals surface area contributed by atoms with E-state index in [4.69, 9.17) is 18.7 Å². The summed E-state index contributed by atoms with van der Waals surface area (Å²) in [5.41, 5.74) is 1.50. The number of ether oxygens (including phenoxy) is 3. The molecule has 13 nitrogen and oxygen atoms in total. The molecule has 47 heavy (non-hydrogen) atoms. The Kier molecular flexibility index (Phi) is 9.55. The molecule has 2 aromatic carbocycles. The molecule has 2 atom stereocenters. The van der Waals surface area contributed by atoms with E-state index in [1.54, 1.807) is 41.6 Å². The Morgan fingerprint density at radius 1 is 1.15 bits per heavy atom. The van der Waals surface area contributed by atoms with Gasteiger partial charge in [0.2, 0.25) is 17.6 Å². The van der Waals surface area contributed by atoms with Crippen LogP contribution in [0.2, 0.25) is 0 Å². The van der Waals surface area contributed by atoms with E-state index < -0.39 is 29.8 Å². The first-order chi connectivity index (χ1) is 22.8. The summed E-state index contributed by atoms with van der Waals surface area (Å²) >= 11 is 0. The highest BCUT2D eigenvalue weighted by atomic mass is 19.1. The van der Waals surface area contributed by atoms with Gasteiger partial charge in [0, 0.05) is 68.5 Å². The minimum Gasteiger partial charge on any atom is -0.493 e. The highest BCUT2D eigenvalue weighted by Crippen LogP contribution is 2.29. The minimum atomic E-state index is -0.616. The third kappa shape index (κ3) is 7.83. The molecule has 2 aromatic heterocycles. The van der Waals surface area contributed by atoms with E-state index in [9.17, 15) is 18.8 Å². The molecule has 0 aliphatic carbocycles. The Bertz CT molecular complexity index is 1750. The molecule has 3 amide bonds. The summed E-state index contributed by atoms with van der Waals surface area (Å²) in [5, 5.41) is 9.69. The van der Waals surface area contributed by atoms with Gasteiger partial charge in [-0.2, -0.15) is 4.98 Å². The minimum absolute atomic E-state index is 0.0522. The Balaban J connectivity index is 1.14. The van der Waals surface area contributed by atoms with E-state index in [1.165, 1.54) is 25.3 Å². The highest BCUT2D eigenvalue weighted by Gasteiger charge is 2.34. The molecule has 1 fully saturated rings. The SMILES string of the molecule is COc1ccc2cc1OCC(=O)N[C@@H]1CN(C(=O)CCCc3nc(-c4cccnc4)no3)CC[C@@H]1Oc1cc(F)cc(c1)CNC2=O. The van der Waals surface area contributed by atoms with Gasteiger partial charge in [0.05, 0.1) is 13.2 Å². The Morgan fingerprint density at radius 2 is 2.04 bits per heavy atom. The number of fused-ring (bicyclic) bond motifs is 5. The monoisotopic (exact) mass is 644 g/mol. The number of likely N-dealkylation sites (tertiary alicyclic amines) is 1. The van der Waals surface area contributed by atoms with Crippen molar-refractivity contribution in [3.05, 3.63) is 83.8 Å². The molecule has 14 heteroatoms. The van der Waals surface area contributed by atoms with E-state index in [2.05, 4.69) is 25.8 Å². The molecule has 1 saturated heterocycles. The number of carbonyl (C=O) groups is 3. The van der Waals surface area contributed by atoms with E-state index >= 15 is 0 Å². The quantitative estimate of drug-likeness (QED) is 0.320. The normalized spacial score (nSPS) is 18.2. The second-order valence-corrected chi connectivity index (χ2v) is 11.2. The number of amides is 3. The van der Waals surface area contributed by atoms with Crippen LogP contribution in [0.4, 0.5) is 4.39 Å². The number of hydrogen-bond donors (Lipinski definition) is 2. The first-order valence-corrected chi connectivity index (χ1v) is 15.2. The summed E-state index contributed by atoms with van der Waals surface area (Å²) in [6, 6.07) is 11.8. The summed E-state index contributed by atoms with van der Waals surface area (Å²) < 4.78 is 37.3. The molecule has 0 saturated carbocycles. The van der Waals surface area contributed by atoms with Gasteiger partial charge in [0.1, 0.15) is 17.7 Å².